The highest BCUT2D eigenvalue weighted by Crippen LogP contribution is 2.27. The molecule has 0 saturated heterocycles. The quantitative estimate of drug-likeness (QED) is 0.762. The number of rotatable bonds is 6. The lowest BCUT2D eigenvalue weighted by Crippen LogP contribution is -2.36. The summed E-state index contributed by atoms with van der Waals surface area (Å²) < 4.78 is 31.7. The molecular weight excluding hydrogens is 314 g/mol. The third-order valence-electron chi connectivity index (χ3n) is 3.47. The van der Waals surface area contributed by atoms with E-state index in [-0.39, 0.29) is 11.4 Å². The van der Waals surface area contributed by atoms with Gasteiger partial charge in [-0.15, -0.1) is 0 Å². The second-order valence-electron chi connectivity index (χ2n) is 4.88. The summed E-state index contributed by atoms with van der Waals surface area (Å²) in [6.45, 7) is 1.56. The normalized spacial score (nSPS) is 11.0. The molecule has 23 heavy (non-hydrogen) atoms. The first-order chi connectivity index (χ1) is 11.0. The zero-order chi connectivity index (χ0) is 16.9. The first-order valence-electron chi connectivity index (χ1n) is 7.23. The topological polar surface area (TPSA) is 63.7 Å². The van der Waals surface area contributed by atoms with Crippen molar-refractivity contribution in [2.45, 2.75) is 18.2 Å². The monoisotopic (exact) mass is 333 g/mol. The van der Waals surface area contributed by atoms with Crippen molar-refractivity contribution in [3.63, 3.8) is 0 Å². The second kappa shape index (κ2) is 7.28. The average molecular weight is 333 g/mol. The van der Waals surface area contributed by atoms with Crippen molar-refractivity contribution in [1.29, 1.82) is 0 Å². The lowest BCUT2D eigenvalue weighted by Gasteiger charge is -2.25. The van der Waals surface area contributed by atoms with Gasteiger partial charge in [-0.05, 0) is 30.2 Å². The summed E-state index contributed by atoms with van der Waals surface area (Å²) in [6, 6.07) is 15.2. The molecule has 0 radical (unpaired) electrons. The van der Waals surface area contributed by atoms with Gasteiger partial charge in [0.1, 0.15) is 6.54 Å². The van der Waals surface area contributed by atoms with Crippen LogP contribution in [0, 0.1) is 0 Å². The van der Waals surface area contributed by atoms with Gasteiger partial charge in [-0.1, -0.05) is 43.3 Å². The van der Waals surface area contributed by atoms with Crippen molar-refractivity contribution in [3.8, 4) is 0 Å². The summed E-state index contributed by atoms with van der Waals surface area (Å²) in [7, 11) is -2.62. The molecule has 0 N–H and O–H groups in total. The Labute approximate surface area is 136 Å². The van der Waals surface area contributed by atoms with Crippen molar-refractivity contribution in [1.82, 2.24) is 0 Å². The van der Waals surface area contributed by atoms with Crippen molar-refractivity contribution in [3.05, 3.63) is 60.2 Å². The maximum Gasteiger partial charge on any atom is 0.326 e. The summed E-state index contributed by atoms with van der Waals surface area (Å²) in [5, 5.41) is 0. The van der Waals surface area contributed by atoms with Crippen molar-refractivity contribution >= 4 is 21.7 Å². The Morgan fingerprint density at radius 3 is 2.26 bits per heavy atom. The van der Waals surface area contributed by atoms with Gasteiger partial charge in [0.25, 0.3) is 10.0 Å². The minimum absolute atomic E-state index is 0.134. The number of hydrogen-bond acceptors (Lipinski definition) is 4. The summed E-state index contributed by atoms with van der Waals surface area (Å²) in [5.74, 6) is -0.615. The molecule has 0 aliphatic heterocycles. The molecule has 2 rings (SSSR count). The van der Waals surface area contributed by atoms with E-state index in [4.69, 9.17) is 0 Å². The number of para-hydroxylation sites is 1. The number of esters is 1. The standard InChI is InChI=1S/C17H19NO4S/c1-3-14-9-7-8-12-16(14)18(13-17(19)22-2)23(20,21)15-10-5-4-6-11-15/h4-12H,3,13H2,1-2H3. The fourth-order valence-corrected chi connectivity index (χ4v) is 3.72. The van der Waals surface area contributed by atoms with Gasteiger partial charge in [0, 0.05) is 0 Å². The molecule has 0 unspecified atom stereocenters. The van der Waals surface area contributed by atoms with Gasteiger partial charge < -0.3 is 4.74 Å². The number of anilines is 1. The molecule has 0 aliphatic carbocycles. The molecule has 6 heteroatoms. The van der Waals surface area contributed by atoms with E-state index < -0.39 is 16.0 Å². The van der Waals surface area contributed by atoms with Gasteiger partial charge in [0.15, 0.2) is 0 Å². The minimum atomic E-state index is -3.86. The molecule has 0 heterocycles. The SMILES string of the molecule is CCc1ccccc1N(CC(=O)OC)S(=O)(=O)c1ccccc1. The number of sulfonamides is 1. The van der Waals surface area contributed by atoms with Gasteiger partial charge in [-0.3, -0.25) is 9.10 Å². The third kappa shape index (κ3) is 3.71. The van der Waals surface area contributed by atoms with Crippen LogP contribution >= 0.6 is 0 Å². The van der Waals surface area contributed by atoms with Crippen LogP contribution in [0.2, 0.25) is 0 Å². The number of ether oxygens (including phenoxy) is 1. The van der Waals surface area contributed by atoms with Crippen LogP contribution in [-0.4, -0.2) is 28.0 Å². The third-order valence-corrected chi connectivity index (χ3v) is 5.25. The van der Waals surface area contributed by atoms with Gasteiger partial charge in [-0.2, -0.15) is 0 Å². The molecule has 122 valence electrons. The maximum atomic E-state index is 13.0. The molecule has 0 atom stereocenters. The van der Waals surface area contributed by atoms with E-state index in [1.54, 1.807) is 30.3 Å². The Morgan fingerprint density at radius 2 is 1.65 bits per heavy atom. The van der Waals surface area contributed by atoms with Crippen LogP contribution < -0.4 is 4.31 Å². The molecule has 0 bridgehead atoms. The first kappa shape index (κ1) is 17.0. The molecule has 0 amide bonds. The van der Waals surface area contributed by atoms with Gasteiger partial charge in [-0.25, -0.2) is 8.42 Å². The van der Waals surface area contributed by atoms with Crippen LogP contribution in [0.5, 0.6) is 0 Å². The van der Waals surface area contributed by atoms with Gasteiger partial charge in [0.05, 0.1) is 17.7 Å². The van der Waals surface area contributed by atoms with Crippen LogP contribution in [0.25, 0.3) is 0 Å². The second-order valence-corrected chi connectivity index (χ2v) is 6.75. The van der Waals surface area contributed by atoms with E-state index in [1.165, 1.54) is 19.2 Å². The molecule has 0 spiro atoms. The van der Waals surface area contributed by atoms with E-state index >= 15 is 0 Å². The van der Waals surface area contributed by atoms with Crippen molar-refractivity contribution in [2.75, 3.05) is 18.0 Å². The molecule has 5 nitrogen and oxygen atoms in total. The Bertz CT molecular complexity index is 772. The fourth-order valence-electron chi connectivity index (χ4n) is 2.25. The van der Waals surface area contributed by atoms with Crippen LogP contribution in [0.4, 0.5) is 5.69 Å². The number of carbonyl (C=O) groups excluding carboxylic acids is 1. The lowest BCUT2D eigenvalue weighted by molar-refractivity contribution is -0.138. The van der Waals surface area contributed by atoms with E-state index in [9.17, 15) is 13.2 Å². The minimum Gasteiger partial charge on any atom is -0.468 e. The predicted octanol–water partition coefficient (Wildman–Crippen LogP) is 2.62. The molecule has 2 aromatic rings. The highest BCUT2D eigenvalue weighted by molar-refractivity contribution is 7.92. The summed E-state index contributed by atoms with van der Waals surface area (Å²) >= 11 is 0. The van der Waals surface area contributed by atoms with Crippen LogP contribution in [0.15, 0.2) is 59.5 Å². The maximum absolute atomic E-state index is 13.0. The number of benzene rings is 2. The highest BCUT2D eigenvalue weighted by atomic mass is 32.2. The Balaban J connectivity index is 2.57. The smallest absolute Gasteiger partial charge is 0.326 e. The van der Waals surface area contributed by atoms with E-state index in [1.807, 2.05) is 19.1 Å². The Kier molecular flexibility index (Phi) is 5.39. The zero-order valence-electron chi connectivity index (χ0n) is 13.1. The van der Waals surface area contributed by atoms with E-state index in [2.05, 4.69) is 4.74 Å². The number of nitrogens with zero attached hydrogens (tertiary/aromatic N) is 1. The van der Waals surface area contributed by atoms with Crippen LogP contribution in [0.3, 0.4) is 0 Å². The summed E-state index contributed by atoms with van der Waals surface area (Å²) in [4.78, 5) is 11.9. The lowest BCUT2D eigenvalue weighted by atomic mass is 10.1. The average Bonchev–Trinajstić information content (AvgIpc) is 2.60. The Morgan fingerprint density at radius 1 is 1.04 bits per heavy atom. The molecule has 0 aromatic heterocycles. The van der Waals surface area contributed by atoms with Crippen LogP contribution in [-0.2, 0) is 26.0 Å². The van der Waals surface area contributed by atoms with Crippen molar-refractivity contribution < 1.29 is 17.9 Å². The van der Waals surface area contributed by atoms with Crippen molar-refractivity contribution in [2.24, 2.45) is 0 Å². The fraction of sp³-hybridized carbons (Fsp3) is 0.235. The molecule has 0 saturated carbocycles. The number of methoxy groups -OCH3 is 1. The van der Waals surface area contributed by atoms with Gasteiger partial charge in [0.2, 0.25) is 0 Å². The van der Waals surface area contributed by atoms with Crippen LogP contribution in [0.1, 0.15) is 12.5 Å². The number of hydrogen-bond donors (Lipinski definition) is 0. The zero-order valence-corrected chi connectivity index (χ0v) is 13.9. The number of aryl methyl sites for hydroxylation is 1. The molecule has 0 aliphatic rings. The largest absolute Gasteiger partial charge is 0.468 e. The molecule has 2 aromatic carbocycles. The predicted molar refractivity (Wildman–Crippen MR) is 88.8 cm³/mol. The summed E-state index contributed by atoms with van der Waals surface area (Å²) in [6.07, 6.45) is 0.651. The first-order valence-corrected chi connectivity index (χ1v) is 8.67. The highest BCUT2D eigenvalue weighted by Gasteiger charge is 2.28. The van der Waals surface area contributed by atoms with Gasteiger partial charge >= 0.3 is 5.97 Å². The molecular formula is C17H19NO4S. The van der Waals surface area contributed by atoms with E-state index in [0.29, 0.717) is 12.1 Å². The Hall–Kier alpha value is -2.34. The summed E-state index contributed by atoms with van der Waals surface area (Å²) in [5.41, 5.74) is 1.33. The number of carbonyl (C=O) groups is 1. The van der Waals surface area contributed by atoms with E-state index in [0.717, 1.165) is 9.87 Å². The molecule has 0 fully saturated rings.